The molecule has 0 radical (unpaired) electrons. The molecule has 90 valence electrons. The molecular weight excluding hydrogens is 249 g/mol. The quantitative estimate of drug-likeness (QED) is 0.715. The van der Waals surface area contributed by atoms with Crippen molar-refractivity contribution in [3.05, 3.63) is 0 Å². The van der Waals surface area contributed by atoms with Gasteiger partial charge < -0.3 is 4.74 Å². The Kier molecular flexibility index (Phi) is 5.06. The average Bonchev–Trinajstić information content (AvgIpc) is 2.17. The van der Waals surface area contributed by atoms with E-state index in [1.54, 1.807) is 0 Å². The first-order valence-electron chi connectivity index (χ1n) is 4.82. The molecule has 1 atom stereocenters. The zero-order valence-corrected chi connectivity index (χ0v) is 9.85. The van der Waals surface area contributed by atoms with Crippen LogP contribution in [0.3, 0.4) is 0 Å². The number of ether oxygens (including phenoxy) is 1. The Bertz CT molecular complexity index is 192. The number of thioether (sulfide) groups is 1. The summed E-state index contributed by atoms with van der Waals surface area (Å²) in [6, 6.07) is 0. The molecule has 1 heterocycles. The second-order valence-corrected chi connectivity index (χ2v) is 5.26. The lowest BCUT2D eigenvalue weighted by Gasteiger charge is -2.35. The Hall–Kier alpha value is 0.390. The van der Waals surface area contributed by atoms with Gasteiger partial charge in [0, 0.05) is 23.7 Å². The molecule has 6 heteroatoms. The van der Waals surface area contributed by atoms with Gasteiger partial charge in [-0.05, 0) is 19.3 Å². The molecule has 1 nitrogen and oxygen atoms in total. The van der Waals surface area contributed by atoms with E-state index in [0.29, 0.717) is 25.5 Å². The molecule has 0 aromatic heterocycles. The van der Waals surface area contributed by atoms with E-state index in [4.69, 9.17) is 16.3 Å². The lowest BCUT2D eigenvalue weighted by Crippen LogP contribution is -2.34. The maximum atomic E-state index is 11.9. The van der Waals surface area contributed by atoms with Gasteiger partial charge in [-0.3, -0.25) is 0 Å². The zero-order valence-electron chi connectivity index (χ0n) is 8.28. The molecule has 1 rings (SSSR count). The summed E-state index contributed by atoms with van der Waals surface area (Å²) in [6.45, 7) is 1.19. The first-order valence-corrected chi connectivity index (χ1v) is 6.34. The molecule has 0 aliphatic carbocycles. The molecule has 0 aromatic carbocycles. The fraction of sp³-hybridized carbons (Fsp3) is 1.00. The van der Waals surface area contributed by atoms with Gasteiger partial charge in [-0.2, -0.15) is 13.2 Å². The molecule has 1 fully saturated rings. The van der Waals surface area contributed by atoms with Crippen molar-refractivity contribution in [3.63, 3.8) is 0 Å². The summed E-state index contributed by atoms with van der Waals surface area (Å²) in [5.41, 5.74) is -4.37. The second kappa shape index (κ2) is 5.64. The topological polar surface area (TPSA) is 9.23 Å². The first-order chi connectivity index (χ1) is 6.97. The standard InChI is InChI=1S/C9H14ClF3OS/c10-6-8(2-1-4-14-7-8)3-5-15-9(11,12)13/h1-7H2. The Morgan fingerprint density at radius 3 is 2.60 bits per heavy atom. The summed E-state index contributed by atoms with van der Waals surface area (Å²) in [5.74, 6) is 0.449. The normalized spacial score (nSPS) is 28.0. The lowest BCUT2D eigenvalue weighted by atomic mass is 9.82. The van der Waals surface area contributed by atoms with Gasteiger partial charge in [0.15, 0.2) is 0 Å². The first kappa shape index (κ1) is 13.5. The number of hydrogen-bond donors (Lipinski definition) is 0. The highest BCUT2D eigenvalue weighted by molar-refractivity contribution is 8.00. The van der Waals surface area contributed by atoms with Crippen LogP contribution in [0.5, 0.6) is 0 Å². The van der Waals surface area contributed by atoms with Crippen molar-refractivity contribution in [1.29, 1.82) is 0 Å². The minimum Gasteiger partial charge on any atom is -0.381 e. The van der Waals surface area contributed by atoms with E-state index in [1.807, 2.05) is 0 Å². The van der Waals surface area contributed by atoms with E-state index < -0.39 is 5.51 Å². The molecule has 1 unspecified atom stereocenters. The van der Waals surface area contributed by atoms with E-state index in [-0.39, 0.29) is 22.9 Å². The number of alkyl halides is 4. The molecule has 15 heavy (non-hydrogen) atoms. The van der Waals surface area contributed by atoms with Gasteiger partial charge >= 0.3 is 5.51 Å². The van der Waals surface area contributed by atoms with Crippen LogP contribution in [0.15, 0.2) is 0 Å². The predicted octanol–water partition coefficient (Wildman–Crippen LogP) is 3.67. The van der Waals surface area contributed by atoms with Crippen molar-refractivity contribution in [2.24, 2.45) is 5.41 Å². The smallest absolute Gasteiger partial charge is 0.381 e. The second-order valence-electron chi connectivity index (χ2n) is 3.83. The molecule has 0 amide bonds. The molecule has 1 saturated heterocycles. The molecule has 1 aliphatic heterocycles. The summed E-state index contributed by atoms with van der Waals surface area (Å²) in [6.07, 6.45) is 2.24. The molecule has 0 bridgehead atoms. The highest BCUT2D eigenvalue weighted by atomic mass is 35.5. The molecule has 0 aromatic rings. The van der Waals surface area contributed by atoms with Crippen molar-refractivity contribution >= 4 is 23.4 Å². The summed E-state index contributed by atoms with van der Waals surface area (Å²) in [4.78, 5) is 0. The van der Waals surface area contributed by atoms with Crippen molar-refractivity contribution in [2.45, 2.75) is 24.8 Å². The Morgan fingerprint density at radius 2 is 2.13 bits per heavy atom. The summed E-state index contributed by atoms with van der Waals surface area (Å²) < 4.78 is 41.1. The van der Waals surface area contributed by atoms with E-state index in [1.165, 1.54) is 0 Å². The van der Waals surface area contributed by atoms with Crippen LogP contribution in [0, 0.1) is 5.41 Å². The molecule has 1 aliphatic rings. The zero-order chi connectivity index (χ0) is 11.4. The van der Waals surface area contributed by atoms with Crippen LogP contribution in [0.2, 0.25) is 0 Å². The van der Waals surface area contributed by atoms with Crippen LogP contribution in [-0.4, -0.2) is 30.4 Å². The molecule has 0 saturated carbocycles. The van der Waals surface area contributed by atoms with Crippen LogP contribution >= 0.6 is 23.4 Å². The van der Waals surface area contributed by atoms with Crippen LogP contribution in [0.4, 0.5) is 13.2 Å². The summed E-state index contributed by atoms with van der Waals surface area (Å²) in [5, 5.41) is 0. The Balaban J connectivity index is 2.33. The highest BCUT2D eigenvalue weighted by Gasteiger charge is 2.34. The van der Waals surface area contributed by atoms with Gasteiger partial charge in [-0.1, -0.05) is 11.8 Å². The summed E-state index contributed by atoms with van der Waals surface area (Å²) >= 11 is 5.84. The van der Waals surface area contributed by atoms with Crippen LogP contribution in [0.1, 0.15) is 19.3 Å². The van der Waals surface area contributed by atoms with Gasteiger partial charge in [0.25, 0.3) is 0 Å². The third-order valence-electron chi connectivity index (χ3n) is 2.59. The Morgan fingerprint density at radius 1 is 1.40 bits per heavy atom. The van der Waals surface area contributed by atoms with Gasteiger partial charge in [-0.15, -0.1) is 11.6 Å². The number of halogens is 4. The van der Waals surface area contributed by atoms with E-state index in [9.17, 15) is 13.2 Å². The maximum absolute atomic E-state index is 11.9. The van der Waals surface area contributed by atoms with E-state index >= 15 is 0 Å². The fourth-order valence-electron chi connectivity index (χ4n) is 1.66. The SMILES string of the molecule is FC(F)(F)SCCC1(CCl)CCCOC1. The van der Waals surface area contributed by atoms with Gasteiger partial charge in [-0.25, -0.2) is 0 Å². The van der Waals surface area contributed by atoms with Crippen LogP contribution in [0.25, 0.3) is 0 Å². The van der Waals surface area contributed by atoms with Gasteiger partial charge in [0.05, 0.1) is 6.61 Å². The van der Waals surface area contributed by atoms with E-state index in [0.717, 1.165) is 12.8 Å². The van der Waals surface area contributed by atoms with Gasteiger partial charge in [0.2, 0.25) is 0 Å². The summed E-state index contributed by atoms with van der Waals surface area (Å²) in [7, 11) is 0. The average molecular weight is 263 g/mol. The number of hydrogen-bond acceptors (Lipinski definition) is 2. The predicted molar refractivity (Wildman–Crippen MR) is 56.3 cm³/mol. The minimum atomic E-state index is -4.14. The van der Waals surface area contributed by atoms with Gasteiger partial charge in [0.1, 0.15) is 0 Å². The Labute approximate surface area is 96.7 Å². The van der Waals surface area contributed by atoms with Crippen molar-refractivity contribution in [3.8, 4) is 0 Å². The fourth-order valence-corrected chi connectivity index (χ4v) is 2.77. The number of rotatable bonds is 4. The molecular formula is C9H14ClF3OS. The van der Waals surface area contributed by atoms with Crippen molar-refractivity contribution < 1.29 is 17.9 Å². The monoisotopic (exact) mass is 262 g/mol. The molecule has 0 N–H and O–H groups in total. The molecule has 0 spiro atoms. The van der Waals surface area contributed by atoms with Crippen LogP contribution < -0.4 is 0 Å². The maximum Gasteiger partial charge on any atom is 0.441 e. The van der Waals surface area contributed by atoms with E-state index in [2.05, 4.69) is 0 Å². The highest BCUT2D eigenvalue weighted by Crippen LogP contribution is 2.38. The van der Waals surface area contributed by atoms with Crippen molar-refractivity contribution in [1.82, 2.24) is 0 Å². The minimum absolute atomic E-state index is 0.0269. The third-order valence-corrected chi connectivity index (χ3v) is 3.89. The van der Waals surface area contributed by atoms with Crippen molar-refractivity contribution in [2.75, 3.05) is 24.8 Å². The third kappa shape index (κ3) is 4.83. The van der Waals surface area contributed by atoms with Crippen LogP contribution in [-0.2, 0) is 4.74 Å². The lowest BCUT2D eigenvalue weighted by molar-refractivity contribution is -0.0334. The largest absolute Gasteiger partial charge is 0.441 e.